The molecule has 0 radical (unpaired) electrons. The number of nitrogens with zero attached hydrogens (tertiary/aromatic N) is 2. The second kappa shape index (κ2) is 5.72. The number of aliphatic hydroxyl groups is 1. The van der Waals surface area contributed by atoms with Crippen molar-refractivity contribution in [3.8, 4) is 0 Å². The van der Waals surface area contributed by atoms with Crippen molar-refractivity contribution >= 4 is 5.91 Å². The van der Waals surface area contributed by atoms with Crippen LogP contribution in [0.25, 0.3) is 0 Å². The van der Waals surface area contributed by atoms with E-state index in [1.54, 1.807) is 0 Å². The number of hydrogen-bond donors (Lipinski definition) is 2. The van der Waals surface area contributed by atoms with Crippen molar-refractivity contribution in [2.75, 3.05) is 0 Å². The third-order valence-electron chi connectivity index (χ3n) is 7.02. The molecule has 5 aliphatic rings. The summed E-state index contributed by atoms with van der Waals surface area (Å²) in [4.78, 5) is 12.8. The molecule has 2 atom stereocenters. The van der Waals surface area contributed by atoms with Gasteiger partial charge in [-0.25, -0.2) is 0 Å². The second-order valence-electron chi connectivity index (χ2n) is 9.22. The maximum Gasteiger partial charge on any atom is 0.433 e. The maximum atomic E-state index is 13.6. The standard InChI is InChI=1S/C19H24F3N3O2/c20-19(21,22)16-14(8-23-25(16)9-10-1-2-10)17(26)24-15-12-3-11-4-13(15)7-18(27,5-11)6-12/h8,10-13,15,27H,1-7,9H2,(H,24,26)/t11?,12-,13-,15?,18?/m0/s1. The number of alkyl halides is 3. The zero-order valence-electron chi connectivity index (χ0n) is 15.0. The fourth-order valence-corrected chi connectivity index (χ4v) is 5.98. The van der Waals surface area contributed by atoms with E-state index >= 15 is 0 Å². The van der Waals surface area contributed by atoms with Gasteiger partial charge in [0.1, 0.15) is 0 Å². The molecule has 0 aromatic carbocycles. The molecule has 8 heteroatoms. The molecular formula is C19H24F3N3O2. The highest BCUT2D eigenvalue weighted by molar-refractivity contribution is 5.95. The summed E-state index contributed by atoms with van der Waals surface area (Å²) in [7, 11) is 0. The molecule has 5 saturated carbocycles. The van der Waals surface area contributed by atoms with Gasteiger partial charge in [0, 0.05) is 12.6 Å². The van der Waals surface area contributed by atoms with Crippen LogP contribution in [0, 0.1) is 23.7 Å². The zero-order chi connectivity index (χ0) is 19.0. The first kappa shape index (κ1) is 17.5. The maximum absolute atomic E-state index is 13.6. The van der Waals surface area contributed by atoms with Crippen LogP contribution in [0.3, 0.4) is 0 Å². The predicted molar refractivity (Wildman–Crippen MR) is 89.7 cm³/mol. The van der Waals surface area contributed by atoms with Crippen LogP contribution in [-0.4, -0.2) is 32.4 Å². The van der Waals surface area contributed by atoms with Gasteiger partial charge in [-0.1, -0.05) is 0 Å². The van der Waals surface area contributed by atoms with Gasteiger partial charge < -0.3 is 10.4 Å². The summed E-state index contributed by atoms with van der Waals surface area (Å²) < 4.78 is 41.8. The van der Waals surface area contributed by atoms with Crippen LogP contribution < -0.4 is 5.32 Å². The van der Waals surface area contributed by atoms with Crippen LogP contribution >= 0.6 is 0 Å². The monoisotopic (exact) mass is 383 g/mol. The average Bonchev–Trinajstić information content (AvgIpc) is 3.24. The molecule has 27 heavy (non-hydrogen) atoms. The van der Waals surface area contributed by atoms with E-state index < -0.39 is 23.4 Å². The summed E-state index contributed by atoms with van der Waals surface area (Å²) in [6, 6.07) is -0.151. The van der Waals surface area contributed by atoms with Crippen LogP contribution in [0.1, 0.15) is 61.0 Å². The van der Waals surface area contributed by atoms with E-state index in [0.717, 1.165) is 43.0 Å². The molecule has 2 N–H and O–H groups in total. The predicted octanol–water partition coefficient (Wildman–Crippen LogP) is 2.98. The highest BCUT2D eigenvalue weighted by Gasteiger charge is 2.55. The summed E-state index contributed by atoms with van der Waals surface area (Å²) in [5.74, 6) is 0.329. The molecule has 6 rings (SSSR count). The average molecular weight is 383 g/mol. The molecule has 0 saturated heterocycles. The third kappa shape index (κ3) is 3.05. The molecule has 5 aliphatic carbocycles. The highest BCUT2D eigenvalue weighted by Crippen LogP contribution is 2.55. The highest BCUT2D eigenvalue weighted by atomic mass is 19.4. The Bertz CT molecular complexity index is 755. The first-order valence-electron chi connectivity index (χ1n) is 9.88. The molecule has 1 aromatic heterocycles. The first-order valence-corrected chi connectivity index (χ1v) is 9.88. The van der Waals surface area contributed by atoms with Crippen molar-refractivity contribution in [3.05, 3.63) is 17.5 Å². The molecule has 1 heterocycles. The number of aromatic nitrogens is 2. The molecule has 1 aromatic rings. The Kier molecular flexibility index (Phi) is 3.71. The van der Waals surface area contributed by atoms with Gasteiger partial charge in [-0.3, -0.25) is 9.48 Å². The van der Waals surface area contributed by atoms with E-state index in [1.807, 2.05) is 0 Å². The van der Waals surface area contributed by atoms with Crippen LogP contribution in [0.2, 0.25) is 0 Å². The summed E-state index contributed by atoms with van der Waals surface area (Å²) in [6.45, 7) is 0.214. The molecule has 1 amide bonds. The van der Waals surface area contributed by atoms with Gasteiger partial charge in [-0.2, -0.15) is 18.3 Å². The normalized spacial score (nSPS) is 37.6. The van der Waals surface area contributed by atoms with Gasteiger partial charge in [-0.05, 0) is 68.6 Å². The first-order chi connectivity index (χ1) is 12.7. The van der Waals surface area contributed by atoms with Gasteiger partial charge in [-0.15, -0.1) is 0 Å². The number of hydrogen-bond acceptors (Lipinski definition) is 3. The van der Waals surface area contributed by atoms with Crippen molar-refractivity contribution < 1.29 is 23.1 Å². The number of halogens is 3. The molecule has 4 bridgehead atoms. The lowest BCUT2D eigenvalue weighted by molar-refractivity contribution is -0.144. The number of amides is 1. The van der Waals surface area contributed by atoms with E-state index in [1.165, 1.54) is 0 Å². The smallest absolute Gasteiger partial charge is 0.390 e. The lowest BCUT2D eigenvalue weighted by Crippen LogP contribution is -2.61. The Labute approximate surface area is 155 Å². The molecule has 148 valence electrons. The summed E-state index contributed by atoms with van der Waals surface area (Å²) in [5, 5.41) is 17.4. The fraction of sp³-hybridized carbons (Fsp3) is 0.789. The van der Waals surface area contributed by atoms with E-state index in [-0.39, 0.29) is 35.9 Å². The van der Waals surface area contributed by atoms with E-state index in [9.17, 15) is 23.1 Å². The number of carbonyl (C=O) groups excluding carboxylic acids is 1. The Morgan fingerprint density at radius 1 is 1.26 bits per heavy atom. The Morgan fingerprint density at radius 2 is 1.93 bits per heavy atom. The minimum absolute atomic E-state index is 0.151. The van der Waals surface area contributed by atoms with Gasteiger partial charge in [0.15, 0.2) is 5.69 Å². The summed E-state index contributed by atoms with van der Waals surface area (Å²) in [6.07, 6.45) is 2.25. The van der Waals surface area contributed by atoms with Crippen LogP contribution in [0.15, 0.2) is 6.20 Å². The van der Waals surface area contributed by atoms with Gasteiger partial charge in [0.2, 0.25) is 0 Å². The number of carbonyl (C=O) groups is 1. The van der Waals surface area contributed by atoms with Gasteiger partial charge in [0.05, 0.1) is 17.4 Å². The zero-order valence-corrected chi connectivity index (χ0v) is 15.0. The topological polar surface area (TPSA) is 67.2 Å². The molecule has 0 unspecified atom stereocenters. The van der Waals surface area contributed by atoms with Crippen molar-refractivity contribution in [2.45, 2.75) is 69.3 Å². The Morgan fingerprint density at radius 3 is 2.48 bits per heavy atom. The van der Waals surface area contributed by atoms with E-state index in [4.69, 9.17) is 0 Å². The number of rotatable bonds is 4. The van der Waals surface area contributed by atoms with E-state index in [2.05, 4.69) is 10.4 Å². The van der Waals surface area contributed by atoms with Gasteiger partial charge >= 0.3 is 6.18 Å². The molecule has 0 spiro atoms. The minimum atomic E-state index is -4.61. The largest absolute Gasteiger partial charge is 0.433 e. The Hall–Kier alpha value is -1.57. The Balaban J connectivity index is 1.38. The van der Waals surface area contributed by atoms with Crippen LogP contribution in [0.5, 0.6) is 0 Å². The SMILES string of the molecule is O=C(NC1[C@H]2CC3C[C@H]1CC(O)(C3)C2)c1cnn(CC2CC2)c1C(F)(F)F. The van der Waals surface area contributed by atoms with Gasteiger partial charge in [0.25, 0.3) is 5.91 Å². The lowest BCUT2D eigenvalue weighted by Gasteiger charge is -2.58. The molecule has 5 nitrogen and oxygen atoms in total. The third-order valence-corrected chi connectivity index (χ3v) is 7.02. The van der Waals surface area contributed by atoms with E-state index in [0.29, 0.717) is 18.8 Å². The second-order valence-corrected chi connectivity index (χ2v) is 9.22. The van der Waals surface area contributed by atoms with Crippen molar-refractivity contribution in [3.63, 3.8) is 0 Å². The van der Waals surface area contributed by atoms with Crippen molar-refractivity contribution in [1.29, 1.82) is 0 Å². The lowest BCUT2D eigenvalue weighted by atomic mass is 9.52. The van der Waals surface area contributed by atoms with Crippen LogP contribution in [-0.2, 0) is 12.7 Å². The number of nitrogens with one attached hydrogen (secondary N) is 1. The van der Waals surface area contributed by atoms with Crippen molar-refractivity contribution in [1.82, 2.24) is 15.1 Å². The summed E-state index contributed by atoms with van der Waals surface area (Å²) >= 11 is 0. The quantitative estimate of drug-likeness (QED) is 0.840. The minimum Gasteiger partial charge on any atom is -0.390 e. The molecule has 5 fully saturated rings. The summed E-state index contributed by atoms with van der Waals surface area (Å²) in [5.41, 5.74) is -1.95. The van der Waals surface area contributed by atoms with Crippen molar-refractivity contribution in [2.24, 2.45) is 23.7 Å². The molecular weight excluding hydrogens is 359 g/mol. The fourth-order valence-electron chi connectivity index (χ4n) is 5.98. The molecule has 0 aliphatic heterocycles. The van der Waals surface area contributed by atoms with Crippen LogP contribution in [0.4, 0.5) is 13.2 Å².